The Bertz CT molecular complexity index is 539. The lowest BCUT2D eigenvalue weighted by atomic mass is 10.2. The summed E-state index contributed by atoms with van der Waals surface area (Å²) in [5, 5.41) is 0. The van der Waals surface area contributed by atoms with Gasteiger partial charge < -0.3 is 9.47 Å². The van der Waals surface area contributed by atoms with Gasteiger partial charge in [0.1, 0.15) is 5.76 Å². The van der Waals surface area contributed by atoms with E-state index in [2.05, 4.69) is 19.6 Å². The van der Waals surface area contributed by atoms with Crippen LogP contribution in [0.15, 0.2) is 54.0 Å². The molecule has 3 nitrogen and oxygen atoms in total. The number of esters is 1. The third-order valence-corrected chi connectivity index (χ3v) is 4.80. The van der Waals surface area contributed by atoms with Crippen LogP contribution in [-0.4, -0.2) is 20.7 Å². The van der Waals surface area contributed by atoms with Gasteiger partial charge in [0, 0.05) is 13.6 Å². The Hall–Kier alpha value is -1.81. The summed E-state index contributed by atoms with van der Waals surface area (Å²) in [6.45, 7) is 11.4. The molecule has 0 amide bonds. The summed E-state index contributed by atoms with van der Waals surface area (Å²) < 4.78 is 11.0. The number of rotatable bonds is 7. The quantitative estimate of drug-likeness (QED) is 0.233. The maximum Gasteiger partial charge on any atom is 0.343 e. The molecule has 0 heterocycles. The fourth-order valence-electron chi connectivity index (χ4n) is 1.71. The van der Waals surface area contributed by atoms with Gasteiger partial charge in [0.15, 0.2) is 0 Å². The molecular formula is C18H26O3Si. The zero-order valence-electron chi connectivity index (χ0n) is 14.2. The maximum atomic E-state index is 12.1. The lowest BCUT2D eigenvalue weighted by Gasteiger charge is -2.15. The minimum Gasteiger partial charge on any atom is -0.501 e. The Labute approximate surface area is 134 Å². The summed E-state index contributed by atoms with van der Waals surface area (Å²) in [4.78, 5) is 12.1. The van der Waals surface area contributed by atoms with Crippen LogP contribution in [0.5, 0.6) is 0 Å². The average molecular weight is 318 g/mol. The standard InChI is InChI=1S/C18H26O3Si/c1-6-17(15(2)14-20-12-13-22(3,4)5)21-18(19)16-10-8-7-9-11-16/h6-11,14H,12-13H2,1-5H3/b15-14+,17-6-. The normalized spacial score (nSPS) is 13.0. The van der Waals surface area contributed by atoms with Gasteiger partial charge >= 0.3 is 5.97 Å². The van der Waals surface area contributed by atoms with Crippen molar-refractivity contribution in [3.63, 3.8) is 0 Å². The predicted molar refractivity (Wildman–Crippen MR) is 93.5 cm³/mol. The summed E-state index contributed by atoms with van der Waals surface area (Å²) in [6.07, 6.45) is 3.45. The van der Waals surface area contributed by atoms with Crippen LogP contribution < -0.4 is 0 Å². The number of carbonyl (C=O) groups excluding carboxylic acids is 1. The smallest absolute Gasteiger partial charge is 0.343 e. The first-order valence-electron chi connectivity index (χ1n) is 7.56. The Kier molecular flexibility index (Phi) is 7.12. The Morgan fingerprint density at radius 1 is 1.18 bits per heavy atom. The van der Waals surface area contributed by atoms with Gasteiger partial charge in [-0.3, -0.25) is 0 Å². The van der Waals surface area contributed by atoms with Crippen LogP contribution in [0, 0.1) is 0 Å². The van der Waals surface area contributed by atoms with Crippen molar-refractivity contribution in [1.82, 2.24) is 0 Å². The van der Waals surface area contributed by atoms with Crippen LogP contribution in [0.1, 0.15) is 24.2 Å². The molecule has 1 aromatic rings. The second-order valence-electron chi connectivity index (χ2n) is 6.39. The van der Waals surface area contributed by atoms with Gasteiger partial charge in [-0.25, -0.2) is 4.79 Å². The summed E-state index contributed by atoms with van der Waals surface area (Å²) in [6, 6.07) is 10.1. The highest BCUT2D eigenvalue weighted by atomic mass is 28.3. The van der Waals surface area contributed by atoms with Crippen LogP contribution in [0.2, 0.25) is 25.7 Å². The lowest BCUT2D eigenvalue weighted by Crippen LogP contribution is -2.21. The first-order valence-corrected chi connectivity index (χ1v) is 11.3. The fraction of sp³-hybridized carbons (Fsp3) is 0.389. The first kappa shape index (κ1) is 18.2. The molecule has 4 heteroatoms. The van der Waals surface area contributed by atoms with Crippen LogP contribution in [-0.2, 0) is 9.47 Å². The molecule has 0 bridgehead atoms. The molecule has 0 aliphatic rings. The zero-order chi connectivity index (χ0) is 16.6. The molecule has 0 atom stereocenters. The maximum absolute atomic E-state index is 12.1. The monoisotopic (exact) mass is 318 g/mol. The summed E-state index contributed by atoms with van der Waals surface area (Å²) in [5.41, 5.74) is 1.34. The van der Waals surface area contributed by atoms with Crippen LogP contribution in [0.4, 0.5) is 0 Å². The minimum atomic E-state index is -1.09. The minimum absolute atomic E-state index is 0.358. The predicted octanol–water partition coefficient (Wildman–Crippen LogP) is 5.01. The van der Waals surface area contributed by atoms with E-state index in [1.54, 1.807) is 24.5 Å². The van der Waals surface area contributed by atoms with E-state index in [-0.39, 0.29) is 5.97 Å². The molecule has 22 heavy (non-hydrogen) atoms. The van der Waals surface area contributed by atoms with Crippen molar-refractivity contribution in [1.29, 1.82) is 0 Å². The third kappa shape index (κ3) is 6.76. The zero-order valence-corrected chi connectivity index (χ0v) is 15.2. The van der Waals surface area contributed by atoms with Crippen LogP contribution >= 0.6 is 0 Å². The van der Waals surface area contributed by atoms with E-state index in [9.17, 15) is 4.79 Å². The first-order chi connectivity index (χ1) is 10.3. The van der Waals surface area contributed by atoms with Crippen molar-refractivity contribution >= 4 is 14.0 Å². The highest BCUT2D eigenvalue weighted by Gasteiger charge is 2.13. The molecule has 120 valence electrons. The number of benzene rings is 1. The summed E-state index contributed by atoms with van der Waals surface area (Å²) in [7, 11) is -1.09. The van der Waals surface area contributed by atoms with Gasteiger partial charge in [-0.15, -0.1) is 0 Å². The number of carbonyl (C=O) groups is 1. The van der Waals surface area contributed by atoms with Gasteiger partial charge in [0.05, 0.1) is 18.4 Å². The topological polar surface area (TPSA) is 35.5 Å². The summed E-state index contributed by atoms with van der Waals surface area (Å²) in [5.74, 6) is 0.172. The molecule has 0 aromatic heterocycles. The molecule has 0 N–H and O–H groups in total. The summed E-state index contributed by atoms with van der Waals surface area (Å²) >= 11 is 0. The van der Waals surface area contributed by atoms with E-state index < -0.39 is 8.07 Å². The van der Waals surface area contributed by atoms with E-state index in [1.807, 2.05) is 32.0 Å². The molecule has 0 unspecified atom stereocenters. The van der Waals surface area contributed by atoms with Crippen molar-refractivity contribution in [2.24, 2.45) is 0 Å². The van der Waals surface area contributed by atoms with Gasteiger partial charge in [-0.2, -0.15) is 0 Å². The van der Waals surface area contributed by atoms with E-state index in [1.165, 1.54) is 0 Å². The van der Waals surface area contributed by atoms with Gasteiger partial charge in [0.2, 0.25) is 0 Å². The molecule has 0 spiro atoms. The molecule has 1 rings (SSSR count). The van der Waals surface area contributed by atoms with E-state index in [0.29, 0.717) is 17.9 Å². The lowest BCUT2D eigenvalue weighted by molar-refractivity contribution is 0.0630. The van der Waals surface area contributed by atoms with Crippen LogP contribution in [0.3, 0.4) is 0 Å². The Morgan fingerprint density at radius 2 is 1.82 bits per heavy atom. The van der Waals surface area contributed by atoms with E-state index >= 15 is 0 Å². The Balaban J connectivity index is 2.58. The van der Waals surface area contributed by atoms with E-state index in [0.717, 1.165) is 11.6 Å². The molecule has 0 saturated heterocycles. The van der Waals surface area contributed by atoms with Crippen molar-refractivity contribution in [3.05, 3.63) is 59.6 Å². The number of hydrogen-bond acceptors (Lipinski definition) is 3. The molecule has 0 aliphatic heterocycles. The van der Waals surface area contributed by atoms with Crippen molar-refractivity contribution in [2.45, 2.75) is 39.5 Å². The molecule has 0 radical (unpaired) electrons. The van der Waals surface area contributed by atoms with E-state index in [4.69, 9.17) is 9.47 Å². The Morgan fingerprint density at radius 3 is 2.36 bits per heavy atom. The SMILES string of the molecule is C/C=C(OC(=O)c1ccccc1)/C(C)=C/OCC[Si](C)(C)C. The highest BCUT2D eigenvalue weighted by molar-refractivity contribution is 6.76. The highest BCUT2D eigenvalue weighted by Crippen LogP contribution is 2.15. The van der Waals surface area contributed by atoms with Gasteiger partial charge in [-0.05, 0) is 38.1 Å². The van der Waals surface area contributed by atoms with Gasteiger partial charge in [-0.1, -0.05) is 37.8 Å². The third-order valence-electron chi connectivity index (χ3n) is 3.09. The molecule has 0 fully saturated rings. The fourth-order valence-corrected chi connectivity index (χ4v) is 2.44. The van der Waals surface area contributed by atoms with Gasteiger partial charge in [0.25, 0.3) is 0 Å². The molecule has 0 saturated carbocycles. The largest absolute Gasteiger partial charge is 0.501 e. The number of hydrogen-bond donors (Lipinski definition) is 0. The molecule has 0 aliphatic carbocycles. The molecule has 1 aromatic carbocycles. The number of allylic oxidation sites excluding steroid dienone is 2. The number of ether oxygens (including phenoxy) is 2. The average Bonchev–Trinajstić information content (AvgIpc) is 2.48. The van der Waals surface area contributed by atoms with Crippen LogP contribution in [0.25, 0.3) is 0 Å². The second kappa shape index (κ2) is 8.59. The van der Waals surface area contributed by atoms with Crippen molar-refractivity contribution < 1.29 is 14.3 Å². The van der Waals surface area contributed by atoms with Crippen molar-refractivity contribution in [2.75, 3.05) is 6.61 Å². The second-order valence-corrected chi connectivity index (χ2v) is 12.0. The van der Waals surface area contributed by atoms with Crippen molar-refractivity contribution in [3.8, 4) is 0 Å². The molecular weight excluding hydrogens is 292 g/mol.